The van der Waals surface area contributed by atoms with Crippen LogP contribution in [0.4, 0.5) is 0 Å². The highest BCUT2D eigenvalue weighted by molar-refractivity contribution is 5.95. The molecule has 0 spiro atoms. The zero-order chi connectivity index (χ0) is 24.3. The molecular formula is C28H36N4O2. The summed E-state index contributed by atoms with van der Waals surface area (Å²) in [6.07, 6.45) is 3.96. The first-order valence-electron chi connectivity index (χ1n) is 12.5. The number of benzene rings is 2. The molecule has 0 radical (unpaired) electrons. The van der Waals surface area contributed by atoms with Crippen LogP contribution in [0.2, 0.25) is 0 Å². The van der Waals surface area contributed by atoms with E-state index in [0.29, 0.717) is 23.6 Å². The van der Waals surface area contributed by atoms with Crippen LogP contribution in [0.1, 0.15) is 55.5 Å². The fourth-order valence-corrected chi connectivity index (χ4v) is 4.63. The van der Waals surface area contributed by atoms with Crippen LogP contribution in [0.25, 0.3) is 11.1 Å². The number of rotatable bonds is 10. The van der Waals surface area contributed by atoms with Crippen LogP contribution >= 0.6 is 0 Å². The number of carbonyl (C=O) groups excluding carboxylic acids is 2. The van der Waals surface area contributed by atoms with Crippen molar-refractivity contribution < 1.29 is 9.59 Å². The van der Waals surface area contributed by atoms with Crippen molar-refractivity contribution in [2.75, 3.05) is 39.3 Å². The van der Waals surface area contributed by atoms with E-state index in [2.05, 4.69) is 16.3 Å². The number of amides is 2. The largest absolute Gasteiger partial charge is 0.352 e. The predicted molar refractivity (Wildman–Crippen MR) is 135 cm³/mol. The van der Waals surface area contributed by atoms with E-state index in [-0.39, 0.29) is 11.8 Å². The Kier molecular flexibility index (Phi) is 9.66. The van der Waals surface area contributed by atoms with Crippen LogP contribution in [0, 0.1) is 17.2 Å². The minimum Gasteiger partial charge on any atom is -0.352 e. The Bertz CT molecular complexity index is 1010. The molecule has 1 heterocycles. The van der Waals surface area contributed by atoms with Gasteiger partial charge in [-0.1, -0.05) is 24.3 Å². The smallest absolute Gasteiger partial charge is 0.251 e. The zero-order valence-corrected chi connectivity index (χ0v) is 20.4. The van der Waals surface area contributed by atoms with Gasteiger partial charge in [0.1, 0.15) is 0 Å². The topological polar surface area (TPSA) is 76.4 Å². The number of piperidine rings is 1. The van der Waals surface area contributed by atoms with E-state index in [1.165, 1.54) is 0 Å². The SMILES string of the molecule is CCN(CC)C(=O)C1CCCN(CCCCNC(=O)c2cccc(-c3cccc(C#N)c3)c2)C1. The van der Waals surface area contributed by atoms with Gasteiger partial charge in [0.05, 0.1) is 17.6 Å². The number of unbranched alkanes of at least 4 members (excludes halogenated alkanes) is 1. The number of carbonyl (C=O) groups is 2. The molecule has 180 valence electrons. The van der Waals surface area contributed by atoms with E-state index in [4.69, 9.17) is 5.26 Å². The summed E-state index contributed by atoms with van der Waals surface area (Å²) in [6, 6.07) is 17.1. The first-order valence-corrected chi connectivity index (χ1v) is 12.5. The molecule has 0 aromatic heterocycles. The van der Waals surface area contributed by atoms with Crippen LogP contribution in [-0.4, -0.2) is 60.9 Å². The van der Waals surface area contributed by atoms with Gasteiger partial charge in [0, 0.05) is 31.7 Å². The molecule has 1 saturated heterocycles. The average Bonchev–Trinajstić information content (AvgIpc) is 2.89. The fourth-order valence-electron chi connectivity index (χ4n) is 4.63. The second kappa shape index (κ2) is 12.9. The lowest BCUT2D eigenvalue weighted by Crippen LogP contribution is -2.45. The molecular weight excluding hydrogens is 424 g/mol. The molecule has 1 aliphatic rings. The van der Waals surface area contributed by atoms with Crippen molar-refractivity contribution in [2.45, 2.75) is 39.5 Å². The van der Waals surface area contributed by atoms with Crippen molar-refractivity contribution >= 4 is 11.8 Å². The van der Waals surface area contributed by atoms with Crippen LogP contribution in [0.15, 0.2) is 48.5 Å². The lowest BCUT2D eigenvalue weighted by Gasteiger charge is -2.34. The number of hydrogen-bond acceptors (Lipinski definition) is 4. The third kappa shape index (κ3) is 6.91. The second-order valence-corrected chi connectivity index (χ2v) is 8.89. The summed E-state index contributed by atoms with van der Waals surface area (Å²) in [7, 11) is 0. The van der Waals surface area contributed by atoms with Crippen molar-refractivity contribution in [3.8, 4) is 17.2 Å². The number of hydrogen-bond donors (Lipinski definition) is 1. The Labute approximate surface area is 203 Å². The number of nitrogens with zero attached hydrogens (tertiary/aromatic N) is 3. The molecule has 1 aliphatic heterocycles. The van der Waals surface area contributed by atoms with Crippen molar-refractivity contribution in [1.82, 2.24) is 15.1 Å². The minimum absolute atomic E-state index is 0.0823. The van der Waals surface area contributed by atoms with E-state index in [0.717, 1.165) is 69.5 Å². The summed E-state index contributed by atoms with van der Waals surface area (Å²) in [5.41, 5.74) is 3.06. The van der Waals surface area contributed by atoms with Gasteiger partial charge in [-0.2, -0.15) is 5.26 Å². The van der Waals surface area contributed by atoms with Crippen LogP contribution in [0.3, 0.4) is 0 Å². The minimum atomic E-state index is -0.0823. The molecule has 0 saturated carbocycles. The first kappa shape index (κ1) is 25.5. The summed E-state index contributed by atoms with van der Waals surface area (Å²) in [4.78, 5) is 29.7. The van der Waals surface area contributed by atoms with Gasteiger partial charge < -0.3 is 15.1 Å². The number of likely N-dealkylation sites (tertiary alicyclic amines) is 1. The van der Waals surface area contributed by atoms with E-state index in [1.54, 1.807) is 6.07 Å². The Morgan fingerprint density at radius 3 is 2.56 bits per heavy atom. The third-order valence-corrected chi connectivity index (χ3v) is 6.57. The highest BCUT2D eigenvalue weighted by atomic mass is 16.2. The normalized spacial score (nSPS) is 16.0. The summed E-state index contributed by atoms with van der Waals surface area (Å²) < 4.78 is 0. The summed E-state index contributed by atoms with van der Waals surface area (Å²) in [5.74, 6) is 0.333. The Hall–Kier alpha value is -3.17. The summed E-state index contributed by atoms with van der Waals surface area (Å²) in [5, 5.41) is 12.1. The lowest BCUT2D eigenvalue weighted by molar-refractivity contribution is -0.137. The monoisotopic (exact) mass is 460 g/mol. The van der Waals surface area contributed by atoms with Crippen molar-refractivity contribution in [3.63, 3.8) is 0 Å². The quantitative estimate of drug-likeness (QED) is 0.536. The highest BCUT2D eigenvalue weighted by Gasteiger charge is 2.27. The van der Waals surface area contributed by atoms with E-state index >= 15 is 0 Å². The fraction of sp³-hybridized carbons (Fsp3) is 0.464. The van der Waals surface area contributed by atoms with E-state index in [1.807, 2.05) is 61.2 Å². The van der Waals surface area contributed by atoms with Gasteiger partial charge in [0.2, 0.25) is 5.91 Å². The van der Waals surface area contributed by atoms with Gasteiger partial charge in [-0.3, -0.25) is 9.59 Å². The second-order valence-electron chi connectivity index (χ2n) is 8.89. The van der Waals surface area contributed by atoms with Gasteiger partial charge in [0.15, 0.2) is 0 Å². The maximum absolute atomic E-state index is 12.7. The molecule has 0 aliphatic carbocycles. The maximum atomic E-state index is 12.7. The molecule has 2 aromatic rings. The molecule has 34 heavy (non-hydrogen) atoms. The molecule has 1 fully saturated rings. The molecule has 2 amide bonds. The molecule has 0 bridgehead atoms. The van der Waals surface area contributed by atoms with Gasteiger partial charge in [-0.25, -0.2) is 0 Å². The molecule has 6 heteroatoms. The van der Waals surface area contributed by atoms with Crippen LogP contribution in [-0.2, 0) is 4.79 Å². The molecule has 6 nitrogen and oxygen atoms in total. The maximum Gasteiger partial charge on any atom is 0.251 e. The van der Waals surface area contributed by atoms with Gasteiger partial charge in [0.25, 0.3) is 5.91 Å². The standard InChI is InChI=1S/C28H36N4O2/c1-3-32(4-2)28(34)26-14-9-17-31(21-26)16-6-5-15-30-27(33)25-13-8-12-24(19-25)23-11-7-10-22(18-23)20-29/h7-8,10-13,18-19,26H,3-6,9,14-17,21H2,1-2H3,(H,30,33). The molecule has 2 aromatic carbocycles. The Balaban J connectivity index is 1.43. The van der Waals surface area contributed by atoms with E-state index < -0.39 is 0 Å². The van der Waals surface area contributed by atoms with E-state index in [9.17, 15) is 9.59 Å². The Morgan fingerprint density at radius 1 is 1.09 bits per heavy atom. The van der Waals surface area contributed by atoms with Crippen LogP contribution < -0.4 is 5.32 Å². The van der Waals surface area contributed by atoms with Gasteiger partial charge in [-0.05, 0) is 88.0 Å². The molecule has 1 unspecified atom stereocenters. The van der Waals surface area contributed by atoms with Crippen molar-refractivity contribution in [2.24, 2.45) is 5.92 Å². The summed E-state index contributed by atoms with van der Waals surface area (Å²) in [6.45, 7) is 9.12. The highest BCUT2D eigenvalue weighted by Crippen LogP contribution is 2.22. The summed E-state index contributed by atoms with van der Waals surface area (Å²) >= 11 is 0. The molecule has 3 rings (SSSR count). The van der Waals surface area contributed by atoms with Gasteiger partial charge >= 0.3 is 0 Å². The lowest BCUT2D eigenvalue weighted by atomic mass is 9.96. The third-order valence-electron chi connectivity index (χ3n) is 6.57. The van der Waals surface area contributed by atoms with Crippen LogP contribution in [0.5, 0.6) is 0 Å². The zero-order valence-electron chi connectivity index (χ0n) is 20.4. The number of nitriles is 1. The molecule has 1 N–H and O–H groups in total. The Morgan fingerprint density at radius 2 is 1.82 bits per heavy atom. The van der Waals surface area contributed by atoms with Crippen molar-refractivity contribution in [3.05, 3.63) is 59.7 Å². The van der Waals surface area contributed by atoms with Gasteiger partial charge in [-0.15, -0.1) is 0 Å². The number of nitrogens with one attached hydrogen (secondary N) is 1. The molecule has 1 atom stereocenters. The average molecular weight is 461 g/mol. The van der Waals surface area contributed by atoms with Crippen molar-refractivity contribution in [1.29, 1.82) is 5.26 Å². The first-order chi connectivity index (χ1) is 16.5. The predicted octanol–water partition coefficient (Wildman–Crippen LogP) is 4.32.